The van der Waals surface area contributed by atoms with Gasteiger partial charge in [0.1, 0.15) is 30.1 Å². The Morgan fingerprint density at radius 1 is 1.38 bits per heavy atom. The molecule has 29 heavy (non-hydrogen) atoms. The zero-order chi connectivity index (χ0) is 20.8. The smallest absolute Gasteiger partial charge is 0.404 e. The summed E-state index contributed by atoms with van der Waals surface area (Å²) >= 11 is 0. The van der Waals surface area contributed by atoms with Gasteiger partial charge in [0.05, 0.1) is 13.2 Å². The first-order chi connectivity index (χ1) is 13.7. The van der Waals surface area contributed by atoms with Crippen LogP contribution in [-0.2, 0) is 25.0 Å². The summed E-state index contributed by atoms with van der Waals surface area (Å²) in [5.41, 5.74) is -0.510. The molecule has 4 atom stereocenters. The molecule has 9 nitrogen and oxygen atoms in total. The topological polar surface area (TPSA) is 109 Å². The molecule has 12 heteroatoms. The van der Waals surface area contributed by atoms with Crippen LogP contribution in [0.5, 0.6) is 5.75 Å². The van der Waals surface area contributed by atoms with E-state index in [1.807, 2.05) is 0 Å². The highest BCUT2D eigenvalue weighted by atomic mass is 31.2. The van der Waals surface area contributed by atoms with Crippen LogP contribution in [0.15, 0.2) is 34.0 Å². The second-order valence-electron chi connectivity index (χ2n) is 6.72. The average Bonchev–Trinajstić information content (AvgIpc) is 3.03. The van der Waals surface area contributed by atoms with Gasteiger partial charge in [-0.1, -0.05) is 6.07 Å². The number of halogens is 2. The summed E-state index contributed by atoms with van der Waals surface area (Å²) in [4.78, 5) is 25.5. The largest absolute Gasteiger partial charge is 0.530 e. The molecule has 4 rings (SSSR count). The summed E-state index contributed by atoms with van der Waals surface area (Å²) in [6.07, 6.45) is -2.53. The number of rotatable bonds is 4. The number of aryl methyl sites for hydroxylation is 1. The Bertz CT molecular complexity index is 1100. The fraction of sp³-hybridized carbons (Fsp3) is 0.412. The van der Waals surface area contributed by atoms with E-state index in [1.165, 1.54) is 25.3 Å². The molecule has 1 N–H and O–H groups in total. The van der Waals surface area contributed by atoms with Gasteiger partial charge in [-0.25, -0.2) is 18.1 Å². The van der Waals surface area contributed by atoms with Crippen LogP contribution in [0, 0.1) is 12.7 Å². The monoisotopic (exact) mass is 429 g/mol. The third-order valence-corrected chi connectivity index (χ3v) is 5.96. The molecule has 1 saturated heterocycles. The van der Waals surface area contributed by atoms with Gasteiger partial charge < -0.3 is 9.26 Å². The molecule has 0 saturated carbocycles. The van der Waals surface area contributed by atoms with Crippen LogP contribution < -0.4 is 15.8 Å². The van der Waals surface area contributed by atoms with Crippen molar-refractivity contribution in [2.45, 2.75) is 38.5 Å². The summed E-state index contributed by atoms with van der Waals surface area (Å²) in [5.74, 6) is -0.554. The Morgan fingerprint density at radius 2 is 2.17 bits per heavy atom. The van der Waals surface area contributed by atoms with Gasteiger partial charge >= 0.3 is 13.5 Å². The van der Waals surface area contributed by atoms with Gasteiger partial charge in [-0.05, 0) is 13.0 Å². The zero-order valence-electron chi connectivity index (χ0n) is 15.2. The summed E-state index contributed by atoms with van der Waals surface area (Å²) in [6.45, 7) is 0.907. The number of ether oxygens (including phenoxy) is 1. The molecule has 2 aromatic rings. The van der Waals surface area contributed by atoms with Gasteiger partial charge in [-0.15, -0.1) is 0 Å². The van der Waals surface area contributed by atoms with Crippen LogP contribution in [-0.4, -0.2) is 28.4 Å². The minimum absolute atomic E-state index is 0.0249. The zero-order valence-corrected chi connectivity index (χ0v) is 16.1. The third-order valence-electron chi connectivity index (χ3n) is 4.63. The Labute approximate surface area is 162 Å². The first-order valence-corrected chi connectivity index (χ1v) is 10.2. The highest BCUT2D eigenvalue weighted by Gasteiger charge is 2.41. The maximum Gasteiger partial charge on any atom is 0.530 e. The Hall–Kier alpha value is -2.33. The normalized spacial score (nSPS) is 28.7. The first-order valence-electron chi connectivity index (χ1n) is 8.73. The second-order valence-corrected chi connectivity index (χ2v) is 8.31. The molecule has 156 valence electrons. The van der Waals surface area contributed by atoms with Gasteiger partial charge in [0.25, 0.3) is 5.56 Å². The molecule has 2 aliphatic heterocycles. The fourth-order valence-corrected chi connectivity index (χ4v) is 4.28. The highest BCUT2D eigenvalue weighted by molar-refractivity contribution is 7.49. The molecule has 0 aliphatic carbocycles. The van der Waals surface area contributed by atoms with E-state index in [9.17, 15) is 22.9 Å². The molecule has 1 fully saturated rings. The summed E-state index contributed by atoms with van der Waals surface area (Å²) in [5, 5.41) is 0. The van der Waals surface area contributed by atoms with Gasteiger partial charge in [0.2, 0.25) is 0 Å². The Morgan fingerprint density at radius 3 is 2.97 bits per heavy atom. The molecule has 0 amide bonds. The lowest BCUT2D eigenvalue weighted by Crippen LogP contribution is -2.33. The standard InChI is InChI=1S/C17H17F2N2O7P/c1-9-6-21(17(23)20-16(9)22)15-5-12(19)14(27-15)8-26-29(24)25-7-10-2-3-11(18)4-13(10)28-29/h2-4,6,12,14-15H,5,7-8H2,1H3,(H,20,22,23)/t12-,14-,15-,29?/m1/s1/i18-1. The predicted octanol–water partition coefficient (Wildman–Crippen LogP) is 2.34. The van der Waals surface area contributed by atoms with E-state index in [4.69, 9.17) is 18.3 Å². The number of alkyl halides is 1. The first kappa shape index (κ1) is 20.0. The summed E-state index contributed by atoms with van der Waals surface area (Å²) in [6, 6.07) is 3.70. The fourth-order valence-electron chi connectivity index (χ4n) is 3.07. The average molecular weight is 429 g/mol. The lowest BCUT2D eigenvalue weighted by Gasteiger charge is -2.25. The van der Waals surface area contributed by atoms with Crippen molar-refractivity contribution in [1.29, 1.82) is 0 Å². The van der Waals surface area contributed by atoms with E-state index >= 15 is 0 Å². The van der Waals surface area contributed by atoms with Crippen LogP contribution in [0.2, 0.25) is 0 Å². The SMILES string of the molecule is Cc1cn([C@H]2C[C@@H](F)[C@@H](COP3(=O)OCc4ccc([18F])cc4O3)O2)c(=O)[nH]c1=O. The Balaban J connectivity index is 1.43. The van der Waals surface area contributed by atoms with Crippen molar-refractivity contribution in [3.63, 3.8) is 0 Å². The molecule has 1 aromatic heterocycles. The molecule has 0 radical (unpaired) electrons. The summed E-state index contributed by atoms with van der Waals surface area (Å²) in [7, 11) is -4.09. The third kappa shape index (κ3) is 4.04. The number of phosphoric acid groups is 1. The maximum absolute atomic E-state index is 14.4. The van der Waals surface area contributed by atoms with Crippen LogP contribution in [0.4, 0.5) is 8.78 Å². The van der Waals surface area contributed by atoms with E-state index in [1.54, 1.807) is 0 Å². The van der Waals surface area contributed by atoms with Gasteiger partial charge in [-0.2, -0.15) is 0 Å². The van der Waals surface area contributed by atoms with Crippen molar-refractivity contribution in [2.24, 2.45) is 0 Å². The number of hydrogen-bond acceptors (Lipinski definition) is 7. The van der Waals surface area contributed by atoms with Gasteiger partial charge in [0, 0.05) is 29.8 Å². The van der Waals surface area contributed by atoms with Crippen LogP contribution in [0.3, 0.4) is 0 Å². The number of fused-ring (bicyclic) bond motifs is 1. The minimum atomic E-state index is -4.09. The van der Waals surface area contributed by atoms with Crippen molar-refractivity contribution in [3.05, 3.63) is 62.2 Å². The number of aromatic amines is 1. The van der Waals surface area contributed by atoms with Crippen molar-refractivity contribution in [1.82, 2.24) is 9.55 Å². The van der Waals surface area contributed by atoms with E-state index in [0.29, 0.717) is 5.56 Å². The molecular formula is C17H17F2N2O7P. The molecule has 1 unspecified atom stereocenters. The van der Waals surface area contributed by atoms with Gasteiger partial charge in [-0.3, -0.25) is 23.4 Å². The molecule has 0 spiro atoms. The number of nitrogens with zero attached hydrogens (tertiary/aromatic N) is 1. The van der Waals surface area contributed by atoms with Crippen molar-refractivity contribution < 1.29 is 31.7 Å². The van der Waals surface area contributed by atoms with E-state index in [2.05, 4.69) is 4.98 Å². The second kappa shape index (κ2) is 7.49. The van der Waals surface area contributed by atoms with Gasteiger partial charge in [0.15, 0.2) is 0 Å². The molecule has 3 heterocycles. The highest BCUT2D eigenvalue weighted by Crippen LogP contribution is 2.55. The van der Waals surface area contributed by atoms with Crippen LogP contribution in [0.1, 0.15) is 23.8 Å². The lowest BCUT2D eigenvalue weighted by atomic mass is 10.2. The number of H-pyrrole nitrogens is 1. The van der Waals surface area contributed by atoms with E-state index in [-0.39, 0.29) is 24.3 Å². The van der Waals surface area contributed by atoms with Crippen molar-refractivity contribution in [3.8, 4) is 5.75 Å². The quantitative estimate of drug-likeness (QED) is 0.743. The molecule has 0 bridgehead atoms. The maximum atomic E-state index is 14.4. The van der Waals surface area contributed by atoms with Crippen molar-refractivity contribution >= 4 is 7.82 Å². The van der Waals surface area contributed by atoms with E-state index in [0.717, 1.165) is 10.6 Å². The predicted molar refractivity (Wildman–Crippen MR) is 94.9 cm³/mol. The number of hydrogen-bond donors (Lipinski definition) is 1. The van der Waals surface area contributed by atoms with Crippen LogP contribution in [0.25, 0.3) is 0 Å². The number of benzene rings is 1. The van der Waals surface area contributed by atoms with Crippen LogP contribution >= 0.6 is 7.82 Å². The summed E-state index contributed by atoms with van der Waals surface area (Å²) < 4.78 is 62.3. The van der Waals surface area contributed by atoms with E-state index < -0.39 is 50.0 Å². The number of nitrogens with one attached hydrogen (secondary N) is 1. The lowest BCUT2D eigenvalue weighted by molar-refractivity contribution is -0.0370. The number of phosphoric ester groups is 1. The minimum Gasteiger partial charge on any atom is -0.404 e. The molecule has 2 aliphatic rings. The molecule has 1 aromatic carbocycles. The van der Waals surface area contributed by atoms with Crippen molar-refractivity contribution in [2.75, 3.05) is 6.61 Å². The molecular weight excluding hydrogens is 412 g/mol. The Kier molecular flexibility index (Phi) is 5.16. The number of aromatic nitrogens is 2.